The molecule has 1 aliphatic rings. The molecule has 22 heavy (non-hydrogen) atoms. The molecule has 2 rings (SSSR count). The van der Waals surface area contributed by atoms with Crippen LogP contribution in [-0.4, -0.2) is 36.1 Å². The average Bonchev–Trinajstić information content (AvgIpc) is 2.54. The van der Waals surface area contributed by atoms with Crippen LogP contribution in [0.5, 0.6) is 5.75 Å². The van der Waals surface area contributed by atoms with Gasteiger partial charge in [0, 0.05) is 6.20 Å². The van der Waals surface area contributed by atoms with Crippen molar-refractivity contribution in [2.24, 2.45) is 0 Å². The highest BCUT2D eigenvalue weighted by Gasteiger charge is 2.53. The minimum atomic E-state index is -4.41. The number of ether oxygens (including phenoxy) is 1. The van der Waals surface area contributed by atoms with Crippen molar-refractivity contribution in [3.63, 3.8) is 0 Å². The number of hydrogen-bond acceptors (Lipinski definition) is 4. The average molecular weight is 429 g/mol. The quantitative estimate of drug-likeness (QED) is 0.421. The molecule has 0 amide bonds. The van der Waals surface area contributed by atoms with Gasteiger partial charge in [-0.25, -0.2) is 0 Å². The molecule has 122 valence electrons. The van der Waals surface area contributed by atoms with E-state index in [-0.39, 0.29) is 5.75 Å². The lowest BCUT2D eigenvalue weighted by molar-refractivity contribution is -0.153. The Kier molecular flexibility index (Phi) is 4.71. The summed E-state index contributed by atoms with van der Waals surface area (Å²) in [6, 6.07) is 1.38. The number of hydrogen-bond donors (Lipinski definition) is 0. The van der Waals surface area contributed by atoms with Gasteiger partial charge in [-0.2, -0.15) is 13.2 Å². The Morgan fingerprint density at radius 2 is 1.77 bits per heavy atom. The van der Waals surface area contributed by atoms with Gasteiger partial charge in [0.25, 0.3) is 0 Å². The van der Waals surface area contributed by atoms with E-state index in [0.29, 0.717) is 9.16 Å². The molecule has 1 aliphatic heterocycles. The summed E-state index contributed by atoms with van der Waals surface area (Å²) >= 11 is 1.93. The number of pyridine rings is 1. The first kappa shape index (κ1) is 17.8. The van der Waals surface area contributed by atoms with Gasteiger partial charge in [0.05, 0.1) is 16.7 Å². The third-order valence-electron chi connectivity index (χ3n) is 3.78. The van der Waals surface area contributed by atoms with E-state index in [0.717, 1.165) is 0 Å². The Hall–Kier alpha value is -0.545. The summed E-state index contributed by atoms with van der Waals surface area (Å²) in [7, 11) is -0.825. The molecule has 0 spiro atoms. The van der Waals surface area contributed by atoms with Crippen LogP contribution in [0, 0.1) is 3.70 Å². The Balaban J connectivity index is 2.32. The molecular weight excluding hydrogens is 413 g/mol. The van der Waals surface area contributed by atoms with Crippen LogP contribution in [0.25, 0.3) is 0 Å². The van der Waals surface area contributed by atoms with E-state index in [4.69, 9.17) is 14.0 Å². The maximum atomic E-state index is 12.4. The predicted octanol–water partition coefficient (Wildman–Crippen LogP) is 2.93. The summed E-state index contributed by atoms with van der Waals surface area (Å²) in [6.45, 7) is 6.09. The number of rotatable bonds is 3. The second-order valence-corrected chi connectivity index (χ2v) is 7.03. The molecule has 1 aromatic rings. The molecule has 0 aromatic carbocycles. The SMILES string of the molecule is CC1(C)OB(c2c(OCC(F)(F)F)ccnc2I)OC1(C)C. The standard InChI is InChI=1S/C13H16BF3INO3/c1-11(2)12(3,4)22-14(21-11)9-8(5-6-19-10(9)18)20-7-13(15,16)17/h5-6H,7H2,1-4H3. The van der Waals surface area contributed by atoms with Crippen molar-refractivity contribution in [1.29, 1.82) is 0 Å². The van der Waals surface area contributed by atoms with Gasteiger partial charge < -0.3 is 14.0 Å². The molecule has 0 bridgehead atoms. The molecule has 1 aromatic heterocycles. The Labute approximate surface area is 141 Å². The van der Waals surface area contributed by atoms with Crippen molar-refractivity contribution in [3.05, 3.63) is 16.0 Å². The summed E-state index contributed by atoms with van der Waals surface area (Å²) in [6.07, 6.45) is -3.02. The minimum Gasteiger partial charge on any atom is -0.484 e. The van der Waals surface area contributed by atoms with E-state index in [1.807, 2.05) is 50.3 Å². The molecular formula is C13H16BF3INO3. The van der Waals surface area contributed by atoms with Crippen LogP contribution in [0.4, 0.5) is 13.2 Å². The molecule has 0 saturated carbocycles. The van der Waals surface area contributed by atoms with Crippen molar-refractivity contribution in [2.45, 2.75) is 45.1 Å². The van der Waals surface area contributed by atoms with Crippen LogP contribution >= 0.6 is 22.6 Å². The van der Waals surface area contributed by atoms with Gasteiger partial charge in [-0.05, 0) is 56.4 Å². The van der Waals surface area contributed by atoms with Gasteiger partial charge in [0.2, 0.25) is 0 Å². The molecule has 1 fully saturated rings. The van der Waals surface area contributed by atoms with Crippen LogP contribution in [0.2, 0.25) is 0 Å². The van der Waals surface area contributed by atoms with Crippen molar-refractivity contribution in [3.8, 4) is 5.75 Å². The predicted molar refractivity (Wildman–Crippen MR) is 84.2 cm³/mol. The Morgan fingerprint density at radius 3 is 2.27 bits per heavy atom. The van der Waals surface area contributed by atoms with Crippen LogP contribution in [0.1, 0.15) is 27.7 Å². The first-order chi connectivity index (χ1) is 9.93. The third-order valence-corrected chi connectivity index (χ3v) is 4.64. The lowest BCUT2D eigenvalue weighted by Gasteiger charge is -2.32. The maximum absolute atomic E-state index is 12.4. The van der Waals surface area contributed by atoms with Gasteiger partial charge in [0.15, 0.2) is 6.61 Å². The Bertz CT molecular complexity index is 550. The first-order valence-corrected chi connectivity index (χ1v) is 7.70. The number of halogens is 4. The first-order valence-electron chi connectivity index (χ1n) is 6.62. The van der Waals surface area contributed by atoms with E-state index in [1.165, 1.54) is 12.3 Å². The molecule has 2 heterocycles. The summed E-state index contributed by atoms with van der Waals surface area (Å²) in [4.78, 5) is 4.09. The summed E-state index contributed by atoms with van der Waals surface area (Å²) < 4.78 is 54.3. The second-order valence-electron chi connectivity index (χ2n) is 6.01. The van der Waals surface area contributed by atoms with Crippen LogP contribution in [-0.2, 0) is 9.31 Å². The van der Waals surface area contributed by atoms with Gasteiger partial charge in [-0.3, -0.25) is 4.98 Å². The molecule has 0 N–H and O–H groups in total. The minimum absolute atomic E-state index is 0.0650. The molecule has 4 nitrogen and oxygen atoms in total. The van der Waals surface area contributed by atoms with Gasteiger partial charge in [-0.1, -0.05) is 0 Å². The highest BCUT2D eigenvalue weighted by Crippen LogP contribution is 2.37. The van der Waals surface area contributed by atoms with Crippen molar-refractivity contribution in [2.75, 3.05) is 6.61 Å². The molecule has 0 atom stereocenters. The van der Waals surface area contributed by atoms with E-state index < -0.39 is 31.1 Å². The number of nitrogens with zero attached hydrogens (tertiary/aromatic N) is 1. The lowest BCUT2D eigenvalue weighted by atomic mass is 9.79. The van der Waals surface area contributed by atoms with E-state index >= 15 is 0 Å². The molecule has 0 unspecified atom stereocenters. The zero-order valence-corrected chi connectivity index (χ0v) is 14.8. The molecule has 0 aliphatic carbocycles. The van der Waals surface area contributed by atoms with Crippen LogP contribution in [0.15, 0.2) is 12.3 Å². The zero-order chi connectivity index (χ0) is 16.8. The van der Waals surface area contributed by atoms with Crippen molar-refractivity contribution >= 4 is 35.2 Å². The summed E-state index contributed by atoms with van der Waals surface area (Å²) in [5.74, 6) is 0.0650. The highest BCUT2D eigenvalue weighted by molar-refractivity contribution is 14.1. The highest BCUT2D eigenvalue weighted by atomic mass is 127. The van der Waals surface area contributed by atoms with E-state index in [9.17, 15) is 13.2 Å². The van der Waals surface area contributed by atoms with Gasteiger partial charge in [0.1, 0.15) is 9.45 Å². The maximum Gasteiger partial charge on any atom is 0.501 e. The van der Waals surface area contributed by atoms with E-state index in [2.05, 4.69) is 4.98 Å². The fourth-order valence-electron chi connectivity index (χ4n) is 1.89. The number of aromatic nitrogens is 1. The largest absolute Gasteiger partial charge is 0.501 e. The van der Waals surface area contributed by atoms with Crippen LogP contribution < -0.4 is 10.2 Å². The van der Waals surface area contributed by atoms with Crippen molar-refractivity contribution in [1.82, 2.24) is 4.98 Å². The fourth-order valence-corrected chi connectivity index (χ4v) is 2.57. The smallest absolute Gasteiger partial charge is 0.484 e. The number of alkyl halides is 3. The topological polar surface area (TPSA) is 40.6 Å². The summed E-state index contributed by atoms with van der Waals surface area (Å²) in [5.41, 5.74) is -0.818. The van der Waals surface area contributed by atoms with E-state index in [1.54, 1.807) is 0 Å². The third kappa shape index (κ3) is 3.68. The molecule has 0 radical (unpaired) electrons. The monoisotopic (exact) mass is 429 g/mol. The molecule has 9 heteroatoms. The molecule has 1 saturated heterocycles. The fraction of sp³-hybridized carbons (Fsp3) is 0.615. The normalized spacial score (nSPS) is 20.3. The van der Waals surface area contributed by atoms with Crippen LogP contribution in [0.3, 0.4) is 0 Å². The second kappa shape index (κ2) is 5.83. The zero-order valence-electron chi connectivity index (χ0n) is 12.6. The lowest BCUT2D eigenvalue weighted by Crippen LogP contribution is -2.41. The Morgan fingerprint density at radius 1 is 1.23 bits per heavy atom. The summed E-state index contributed by atoms with van der Waals surface area (Å²) in [5, 5.41) is 0. The van der Waals surface area contributed by atoms with Gasteiger partial charge >= 0.3 is 13.3 Å². The van der Waals surface area contributed by atoms with Gasteiger partial charge in [-0.15, -0.1) is 0 Å². The van der Waals surface area contributed by atoms with Crippen molar-refractivity contribution < 1.29 is 27.2 Å².